The number of imidazole rings is 1. The molecule has 1 aromatic rings. The smallest absolute Gasteiger partial charge is 0.224 e. The second kappa shape index (κ2) is 4.65. The zero-order valence-corrected chi connectivity index (χ0v) is 9.52. The van der Waals surface area contributed by atoms with E-state index in [2.05, 4.69) is 14.9 Å². The number of carbonyl (C=O) groups is 1. The molecule has 16 heavy (non-hydrogen) atoms. The molecule has 1 atom stereocenters. The third kappa shape index (κ3) is 2.24. The van der Waals surface area contributed by atoms with E-state index in [0.717, 1.165) is 5.69 Å². The van der Waals surface area contributed by atoms with Crippen LogP contribution in [-0.2, 0) is 11.2 Å². The van der Waals surface area contributed by atoms with Crippen LogP contribution in [-0.4, -0.2) is 29.1 Å². The summed E-state index contributed by atoms with van der Waals surface area (Å²) in [5.41, 5.74) is 6.73. The zero-order chi connectivity index (χ0) is 11.5. The molecular weight excluding hydrogens is 204 g/mol. The number of hydrogen-bond acceptors (Lipinski definition) is 3. The molecule has 1 aliphatic rings. The van der Waals surface area contributed by atoms with Crippen LogP contribution >= 0.6 is 0 Å². The third-order valence-corrected chi connectivity index (χ3v) is 3.04. The maximum absolute atomic E-state index is 11.5. The fourth-order valence-electron chi connectivity index (χ4n) is 1.91. The van der Waals surface area contributed by atoms with E-state index in [9.17, 15) is 4.79 Å². The van der Waals surface area contributed by atoms with Crippen LogP contribution in [0.1, 0.15) is 24.6 Å². The molecule has 1 unspecified atom stereocenters. The summed E-state index contributed by atoms with van der Waals surface area (Å²) in [7, 11) is 1.64. The molecular formula is C11H18N4O. The molecule has 1 fully saturated rings. The van der Waals surface area contributed by atoms with Gasteiger partial charge in [-0.1, -0.05) is 0 Å². The maximum atomic E-state index is 11.5. The van der Waals surface area contributed by atoms with Gasteiger partial charge < -0.3 is 15.6 Å². The SMILES string of the molecule is CNC(=O)C(CN)Cc1cncn1C1CC1. The number of nitrogens with one attached hydrogen (secondary N) is 1. The predicted molar refractivity (Wildman–Crippen MR) is 60.8 cm³/mol. The van der Waals surface area contributed by atoms with Gasteiger partial charge in [0.05, 0.1) is 12.2 Å². The average molecular weight is 222 g/mol. The molecule has 2 rings (SSSR count). The van der Waals surface area contributed by atoms with Gasteiger partial charge in [0.15, 0.2) is 0 Å². The standard InChI is InChI=1S/C11H18N4O/c1-13-11(16)8(5-12)4-10-6-14-7-15(10)9-2-3-9/h6-9H,2-5,12H2,1H3,(H,13,16). The van der Waals surface area contributed by atoms with Crippen LogP contribution in [0.25, 0.3) is 0 Å². The molecule has 1 aliphatic carbocycles. The fourth-order valence-corrected chi connectivity index (χ4v) is 1.91. The lowest BCUT2D eigenvalue weighted by Gasteiger charge is -2.14. The van der Waals surface area contributed by atoms with Gasteiger partial charge in [0.1, 0.15) is 0 Å². The molecule has 1 aromatic heterocycles. The second-order valence-electron chi connectivity index (χ2n) is 4.27. The lowest BCUT2D eigenvalue weighted by atomic mass is 10.0. The van der Waals surface area contributed by atoms with Gasteiger partial charge in [-0.05, 0) is 12.8 Å². The van der Waals surface area contributed by atoms with E-state index in [1.807, 2.05) is 12.5 Å². The minimum Gasteiger partial charge on any atom is -0.359 e. The van der Waals surface area contributed by atoms with E-state index in [4.69, 9.17) is 5.73 Å². The van der Waals surface area contributed by atoms with Crippen LogP contribution in [0.5, 0.6) is 0 Å². The first kappa shape index (κ1) is 11.1. The molecule has 5 heteroatoms. The van der Waals surface area contributed by atoms with E-state index in [1.54, 1.807) is 7.05 Å². The topological polar surface area (TPSA) is 72.9 Å². The van der Waals surface area contributed by atoms with Crippen LogP contribution in [0.2, 0.25) is 0 Å². The van der Waals surface area contributed by atoms with Gasteiger partial charge in [-0.2, -0.15) is 0 Å². The largest absolute Gasteiger partial charge is 0.359 e. The molecule has 0 saturated heterocycles. The first-order chi connectivity index (χ1) is 7.76. The van der Waals surface area contributed by atoms with Crippen molar-refractivity contribution in [3.8, 4) is 0 Å². The summed E-state index contributed by atoms with van der Waals surface area (Å²) in [6.07, 6.45) is 6.80. The summed E-state index contributed by atoms with van der Waals surface area (Å²) in [4.78, 5) is 15.7. The van der Waals surface area contributed by atoms with Crippen molar-refractivity contribution < 1.29 is 4.79 Å². The number of amides is 1. The highest BCUT2D eigenvalue weighted by Gasteiger charge is 2.26. The molecule has 0 bridgehead atoms. The summed E-state index contributed by atoms with van der Waals surface area (Å²) in [5, 5.41) is 2.64. The number of hydrogen-bond donors (Lipinski definition) is 2. The van der Waals surface area contributed by atoms with Crippen LogP contribution in [0.4, 0.5) is 0 Å². The molecule has 5 nitrogen and oxygen atoms in total. The molecule has 0 aliphatic heterocycles. The molecule has 3 N–H and O–H groups in total. The Morgan fingerprint density at radius 2 is 2.50 bits per heavy atom. The van der Waals surface area contributed by atoms with Crippen LogP contribution in [0.3, 0.4) is 0 Å². The molecule has 1 saturated carbocycles. The molecule has 0 radical (unpaired) electrons. The highest BCUT2D eigenvalue weighted by Crippen LogP contribution is 2.35. The Kier molecular flexibility index (Phi) is 3.24. The van der Waals surface area contributed by atoms with Gasteiger partial charge in [-0.15, -0.1) is 0 Å². The maximum Gasteiger partial charge on any atom is 0.224 e. The van der Waals surface area contributed by atoms with Crippen LogP contribution < -0.4 is 11.1 Å². The van der Waals surface area contributed by atoms with Gasteiger partial charge in [0.25, 0.3) is 0 Å². The Morgan fingerprint density at radius 1 is 1.75 bits per heavy atom. The van der Waals surface area contributed by atoms with Gasteiger partial charge in [0.2, 0.25) is 5.91 Å². The Balaban J connectivity index is 2.06. The van der Waals surface area contributed by atoms with Crippen molar-refractivity contribution in [1.29, 1.82) is 0 Å². The number of nitrogens with zero attached hydrogens (tertiary/aromatic N) is 2. The normalized spacial score (nSPS) is 17.1. The Hall–Kier alpha value is -1.36. The molecule has 1 amide bonds. The van der Waals surface area contributed by atoms with Crippen molar-refractivity contribution in [2.75, 3.05) is 13.6 Å². The van der Waals surface area contributed by atoms with Crippen molar-refractivity contribution in [2.45, 2.75) is 25.3 Å². The highest BCUT2D eigenvalue weighted by atomic mass is 16.1. The minimum atomic E-state index is -0.154. The monoisotopic (exact) mass is 222 g/mol. The first-order valence-corrected chi connectivity index (χ1v) is 5.68. The van der Waals surface area contributed by atoms with Crippen LogP contribution in [0, 0.1) is 5.92 Å². The number of carbonyl (C=O) groups excluding carboxylic acids is 1. The van der Waals surface area contributed by atoms with Crippen molar-refractivity contribution >= 4 is 5.91 Å². The summed E-state index contributed by atoms with van der Waals surface area (Å²) >= 11 is 0. The number of nitrogens with two attached hydrogens (primary N) is 1. The third-order valence-electron chi connectivity index (χ3n) is 3.04. The summed E-state index contributed by atoms with van der Waals surface area (Å²) < 4.78 is 2.17. The number of rotatable bonds is 5. The minimum absolute atomic E-state index is 0.00560. The van der Waals surface area contributed by atoms with Crippen molar-refractivity contribution in [3.63, 3.8) is 0 Å². The zero-order valence-electron chi connectivity index (χ0n) is 9.52. The van der Waals surface area contributed by atoms with Gasteiger partial charge in [-0.3, -0.25) is 4.79 Å². The van der Waals surface area contributed by atoms with Gasteiger partial charge in [-0.25, -0.2) is 4.98 Å². The second-order valence-corrected chi connectivity index (χ2v) is 4.27. The predicted octanol–water partition coefficient (Wildman–Crippen LogP) is 0.0814. The molecule has 1 heterocycles. The number of aromatic nitrogens is 2. The van der Waals surface area contributed by atoms with Gasteiger partial charge in [0, 0.05) is 37.9 Å². The highest BCUT2D eigenvalue weighted by molar-refractivity contribution is 5.78. The Bertz CT molecular complexity index is 370. The first-order valence-electron chi connectivity index (χ1n) is 5.68. The van der Waals surface area contributed by atoms with E-state index in [1.165, 1.54) is 12.8 Å². The van der Waals surface area contributed by atoms with Crippen molar-refractivity contribution in [3.05, 3.63) is 18.2 Å². The molecule has 0 spiro atoms. The van der Waals surface area contributed by atoms with Crippen LogP contribution in [0.15, 0.2) is 12.5 Å². The lowest BCUT2D eigenvalue weighted by molar-refractivity contribution is -0.124. The van der Waals surface area contributed by atoms with Crippen molar-refractivity contribution in [2.24, 2.45) is 11.7 Å². The summed E-state index contributed by atoms with van der Waals surface area (Å²) in [6.45, 7) is 0.371. The quantitative estimate of drug-likeness (QED) is 0.741. The lowest BCUT2D eigenvalue weighted by Crippen LogP contribution is -2.34. The summed E-state index contributed by atoms with van der Waals surface area (Å²) in [6, 6.07) is 0.598. The molecule has 88 valence electrons. The van der Waals surface area contributed by atoms with E-state index in [0.29, 0.717) is 19.0 Å². The Labute approximate surface area is 95.0 Å². The molecule has 0 aromatic carbocycles. The van der Waals surface area contributed by atoms with Gasteiger partial charge >= 0.3 is 0 Å². The van der Waals surface area contributed by atoms with E-state index < -0.39 is 0 Å². The fraction of sp³-hybridized carbons (Fsp3) is 0.636. The van der Waals surface area contributed by atoms with Crippen molar-refractivity contribution in [1.82, 2.24) is 14.9 Å². The van der Waals surface area contributed by atoms with E-state index in [-0.39, 0.29) is 11.8 Å². The Morgan fingerprint density at radius 3 is 3.06 bits per heavy atom. The summed E-state index contributed by atoms with van der Waals surface area (Å²) in [5.74, 6) is -0.148. The average Bonchev–Trinajstić information content (AvgIpc) is 3.05. The van der Waals surface area contributed by atoms with E-state index >= 15 is 0 Å².